The van der Waals surface area contributed by atoms with Gasteiger partial charge in [-0.2, -0.15) is 0 Å². The fourth-order valence-corrected chi connectivity index (χ4v) is 2.55. The van der Waals surface area contributed by atoms with Gasteiger partial charge in [-0.05, 0) is 26.2 Å². The number of carbonyl (C=O) groups is 1. The maximum Gasteiger partial charge on any atom is 0.306 e. The fraction of sp³-hybridized carbons (Fsp3) is 0.769. The van der Waals surface area contributed by atoms with Gasteiger partial charge in [0.25, 0.3) is 0 Å². The van der Waals surface area contributed by atoms with Crippen LogP contribution in [-0.4, -0.2) is 34.0 Å². The van der Waals surface area contributed by atoms with Crippen LogP contribution in [0.15, 0.2) is 12.2 Å². The van der Waals surface area contributed by atoms with E-state index in [1.54, 1.807) is 6.92 Å². The molecule has 0 aromatic carbocycles. The van der Waals surface area contributed by atoms with E-state index in [0.29, 0.717) is 32.1 Å². The van der Waals surface area contributed by atoms with Gasteiger partial charge in [-0.1, -0.05) is 12.2 Å². The maximum atomic E-state index is 11.3. The Hall–Kier alpha value is -0.870. The van der Waals surface area contributed by atoms with Gasteiger partial charge in [0, 0.05) is 12.3 Å². The lowest BCUT2D eigenvalue weighted by molar-refractivity contribution is -0.143. The molecule has 0 aromatic rings. The van der Waals surface area contributed by atoms with Crippen molar-refractivity contribution in [2.45, 2.75) is 56.8 Å². The van der Waals surface area contributed by atoms with Crippen LogP contribution in [0.1, 0.15) is 39.0 Å². The standard InChI is InChI=1S/C13H20O4/c1-13(16)6-5-10(14)4-2-3-9-7-12(15)17-11(9)8-13/h2-3,9-11,14,16H,4-8H2,1H3/b3-2-/t9-,10-,11-,13+/m1/s1. The molecule has 17 heavy (non-hydrogen) atoms. The Morgan fingerprint density at radius 1 is 1.53 bits per heavy atom. The average molecular weight is 240 g/mol. The fourth-order valence-electron chi connectivity index (χ4n) is 2.55. The summed E-state index contributed by atoms with van der Waals surface area (Å²) < 4.78 is 5.25. The number of aliphatic hydroxyl groups is 2. The highest BCUT2D eigenvalue weighted by atomic mass is 16.6. The Labute approximate surface area is 101 Å². The summed E-state index contributed by atoms with van der Waals surface area (Å²) in [5, 5.41) is 19.9. The number of aliphatic hydroxyl groups excluding tert-OH is 1. The topological polar surface area (TPSA) is 66.8 Å². The molecule has 2 aliphatic rings. The predicted molar refractivity (Wildman–Crippen MR) is 62.2 cm³/mol. The van der Waals surface area contributed by atoms with Gasteiger partial charge in [0.05, 0.1) is 18.1 Å². The van der Waals surface area contributed by atoms with Crippen LogP contribution in [0.5, 0.6) is 0 Å². The number of rotatable bonds is 0. The molecule has 0 unspecified atom stereocenters. The summed E-state index contributed by atoms with van der Waals surface area (Å²) in [6, 6.07) is 0. The van der Waals surface area contributed by atoms with Gasteiger partial charge in [0.2, 0.25) is 0 Å². The van der Waals surface area contributed by atoms with Gasteiger partial charge in [-0.15, -0.1) is 0 Å². The van der Waals surface area contributed by atoms with Crippen LogP contribution in [0.25, 0.3) is 0 Å². The van der Waals surface area contributed by atoms with E-state index in [2.05, 4.69) is 0 Å². The highest BCUT2D eigenvalue weighted by molar-refractivity contribution is 5.72. The summed E-state index contributed by atoms with van der Waals surface area (Å²) in [6.45, 7) is 1.74. The summed E-state index contributed by atoms with van der Waals surface area (Å²) in [4.78, 5) is 11.3. The Bertz CT molecular complexity index is 321. The molecule has 2 N–H and O–H groups in total. The molecule has 0 radical (unpaired) electrons. The summed E-state index contributed by atoms with van der Waals surface area (Å²) in [6.07, 6.45) is 5.74. The molecule has 4 nitrogen and oxygen atoms in total. The number of carbonyl (C=O) groups excluding carboxylic acids is 1. The predicted octanol–water partition coefficient (Wildman–Crippen LogP) is 1.16. The van der Waals surface area contributed by atoms with Crippen molar-refractivity contribution in [3.63, 3.8) is 0 Å². The maximum absolute atomic E-state index is 11.3. The third kappa shape index (κ3) is 3.30. The van der Waals surface area contributed by atoms with E-state index in [-0.39, 0.29) is 18.0 Å². The summed E-state index contributed by atoms with van der Waals surface area (Å²) in [5.74, 6) is -0.153. The van der Waals surface area contributed by atoms with Crippen LogP contribution < -0.4 is 0 Å². The second-order valence-corrected chi connectivity index (χ2v) is 5.45. The van der Waals surface area contributed by atoms with Crippen molar-refractivity contribution in [2.24, 2.45) is 5.92 Å². The Morgan fingerprint density at radius 2 is 2.29 bits per heavy atom. The monoisotopic (exact) mass is 240 g/mol. The first-order chi connectivity index (χ1) is 7.96. The van der Waals surface area contributed by atoms with Crippen LogP contribution in [0.3, 0.4) is 0 Å². The van der Waals surface area contributed by atoms with Gasteiger partial charge in [0.15, 0.2) is 0 Å². The number of fused-ring (bicyclic) bond motifs is 1. The normalized spacial score (nSPS) is 44.9. The van der Waals surface area contributed by atoms with Gasteiger partial charge in [-0.25, -0.2) is 0 Å². The van der Waals surface area contributed by atoms with Crippen molar-refractivity contribution in [3.05, 3.63) is 12.2 Å². The molecule has 1 fully saturated rings. The molecule has 4 heteroatoms. The van der Waals surface area contributed by atoms with Crippen molar-refractivity contribution < 1.29 is 19.7 Å². The van der Waals surface area contributed by atoms with Crippen LogP contribution in [0.4, 0.5) is 0 Å². The second-order valence-electron chi connectivity index (χ2n) is 5.45. The Morgan fingerprint density at radius 3 is 3.06 bits per heavy atom. The molecule has 0 spiro atoms. The lowest BCUT2D eigenvalue weighted by Gasteiger charge is -2.29. The minimum absolute atomic E-state index is 0.0410. The minimum atomic E-state index is -0.875. The van der Waals surface area contributed by atoms with Gasteiger partial charge >= 0.3 is 5.97 Å². The second kappa shape index (κ2) is 4.78. The van der Waals surface area contributed by atoms with Crippen molar-refractivity contribution in [2.75, 3.05) is 0 Å². The Balaban J connectivity index is 2.14. The molecule has 96 valence electrons. The van der Waals surface area contributed by atoms with Crippen molar-refractivity contribution >= 4 is 5.97 Å². The molecule has 0 amide bonds. The van der Waals surface area contributed by atoms with Gasteiger partial charge in [0.1, 0.15) is 6.10 Å². The van der Waals surface area contributed by atoms with Crippen molar-refractivity contribution in [1.29, 1.82) is 0 Å². The van der Waals surface area contributed by atoms with Crippen LogP contribution >= 0.6 is 0 Å². The van der Waals surface area contributed by atoms with Gasteiger partial charge in [-0.3, -0.25) is 4.79 Å². The highest BCUT2D eigenvalue weighted by Gasteiger charge is 2.38. The van der Waals surface area contributed by atoms with E-state index < -0.39 is 11.7 Å². The lowest BCUT2D eigenvalue weighted by Crippen LogP contribution is -2.33. The molecule has 2 rings (SSSR count). The van der Waals surface area contributed by atoms with E-state index in [9.17, 15) is 15.0 Å². The van der Waals surface area contributed by atoms with Crippen LogP contribution in [0.2, 0.25) is 0 Å². The molecule has 1 saturated heterocycles. The molecule has 1 aliphatic carbocycles. The van der Waals surface area contributed by atoms with Crippen LogP contribution in [0, 0.1) is 5.92 Å². The van der Waals surface area contributed by atoms with Crippen molar-refractivity contribution in [3.8, 4) is 0 Å². The third-order valence-electron chi connectivity index (χ3n) is 3.61. The van der Waals surface area contributed by atoms with Crippen LogP contribution in [-0.2, 0) is 9.53 Å². The van der Waals surface area contributed by atoms with E-state index >= 15 is 0 Å². The molecular formula is C13H20O4. The number of esters is 1. The number of hydrogen-bond acceptors (Lipinski definition) is 4. The largest absolute Gasteiger partial charge is 0.462 e. The summed E-state index contributed by atoms with van der Waals surface area (Å²) in [5.41, 5.74) is -0.875. The average Bonchev–Trinajstić information content (AvgIpc) is 2.55. The SMILES string of the molecule is C[C@]1(O)CC[C@H](O)C/C=C\[C@@H]2CC(=O)O[C@@H]2C1. The quantitative estimate of drug-likeness (QED) is 0.492. The third-order valence-corrected chi connectivity index (χ3v) is 3.61. The zero-order valence-electron chi connectivity index (χ0n) is 10.1. The molecule has 1 aliphatic heterocycles. The summed E-state index contributed by atoms with van der Waals surface area (Å²) >= 11 is 0. The lowest BCUT2D eigenvalue weighted by atomic mass is 9.85. The molecule has 0 aromatic heterocycles. The molecule has 0 saturated carbocycles. The highest BCUT2D eigenvalue weighted by Crippen LogP contribution is 2.33. The molecule has 4 atom stereocenters. The summed E-state index contributed by atoms with van der Waals surface area (Å²) in [7, 11) is 0. The van der Waals surface area contributed by atoms with E-state index in [0.717, 1.165) is 0 Å². The van der Waals surface area contributed by atoms with Gasteiger partial charge < -0.3 is 14.9 Å². The van der Waals surface area contributed by atoms with E-state index in [1.165, 1.54) is 0 Å². The smallest absolute Gasteiger partial charge is 0.306 e. The molecule has 1 heterocycles. The number of hydrogen-bond donors (Lipinski definition) is 2. The first kappa shape index (κ1) is 12.6. The molecular weight excluding hydrogens is 220 g/mol. The molecule has 0 bridgehead atoms. The number of ether oxygens (including phenoxy) is 1. The van der Waals surface area contributed by atoms with E-state index in [4.69, 9.17) is 4.74 Å². The Kier molecular flexibility index (Phi) is 3.54. The first-order valence-electron chi connectivity index (χ1n) is 6.23. The zero-order chi connectivity index (χ0) is 12.5. The first-order valence-corrected chi connectivity index (χ1v) is 6.23. The zero-order valence-corrected chi connectivity index (χ0v) is 10.1. The minimum Gasteiger partial charge on any atom is -0.462 e. The van der Waals surface area contributed by atoms with E-state index in [1.807, 2.05) is 12.2 Å². The van der Waals surface area contributed by atoms with Crippen molar-refractivity contribution in [1.82, 2.24) is 0 Å².